The number of aliphatic hydroxyl groups excluding tert-OH is 1. The summed E-state index contributed by atoms with van der Waals surface area (Å²) in [6, 6.07) is 8.94. The molecule has 0 saturated carbocycles. The number of anilines is 1. The molecule has 1 heterocycles. The predicted octanol–water partition coefficient (Wildman–Crippen LogP) is 1.54. The minimum absolute atomic E-state index is 0.221. The molecule has 1 aromatic rings. The van der Waals surface area contributed by atoms with Crippen LogP contribution in [0.4, 0.5) is 5.69 Å². The number of hydrogen-bond donors (Lipinski definition) is 2. The number of nitrogens with one attached hydrogen (secondary N) is 1. The van der Waals surface area contributed by atoms with Crippen molar-refractivity contribution in [1.29, 1.82) is 0 Å². The summed E-state index contributed by atoms with van der Waals surface area (Å²) in [6.45, 7) is 1.99. The predicted molar refractivity (Wildman–Crippen MR) is 66.8 cm³/mol. The Hall–Kier alpha value is -1.06. The fraction of sp³-hybridized carbons (Fsp3) is 0.538. The highest BCUT2D eigenvalue weighted by molar-refractivity contribution is 5.55. The van der Waals surface area contributed by atoms with E-state index in [1.54, 1.807) is 0 Å². The number of benzene rings is 1. The molecule has 1 aromatic carbocycles. The van der Waals surface area contributed by atoms with Gasteiger partial charge < -0.3 is 15.3 Å². The van der Waals surface area contributed by atoms with Gasteiger partial charge in [-0.3, -0.25) is 0 Å². The standard InChI is InChI=1S/C13H20N2O/c1-14-12-6-4-8-15(9-10-16)13-7-3-2-5-11(12)13/h2-3,5,7,12,14,16H,4,6,8-10H2,1H3. The van der Waals surface area contributed by atoms with Gasteiger partial charge in [-0.1, -0.05) is 18.2 Å². The lowest BCUT2D eigenvalue weighted by molar-refractivity contribution is 0.302. The Bertz CT molecular complexity index is 340. The van der Waals surface area contributed by atoms with E-state index in [0.717, 1.165) is 19.5 Å². The summed E-state index contributed by atoms with van der Waals surface area (Å²) < 4.78 is 0. The molecule has 0 bridgehead atoms. The fourth-order valence-electron chi connectivity index (χ4n) is 2.49. The zero-order valence-corrected chi connectivity index (χ0v) is 9.82. The van der Waals surface area contributed by atoms with Gasteiger partial charge in [0.15, 0.2) is 0 Å². The highest BCUT2D eigenvalue weighted by Gasteiger charge is 2.20. The second-order valence-electron chi connectivity index (χ2n) is 4.25. The maximum atomic E-state index is 9.10. The highest BCUT2D eigenvalue weighted by atomic mass is 16.3. The van der Waals surface area contributed by atoms with Crippen LogP contribution in [0.1, 0.15) is 24.4 Å². The Morgan fingerprint density at radius 3 is 3.00 bits per heavy atom. The Kier molecular flexibility index (Phi) is 3.80. The van der Waals surface area contributed by atoms with Crippen molar-refractivity contribution in [2.45, 2.75) is 18.9 Å². The molecular weight excluding hydrogens is 200 g/mol. The van der Waals surface area contributed by atoms with Gasteiger partial charge in [-0.2, -0.15) is 0 Å². The van der Waals surface area contributed by atoms with E-state index in [1.807, 2.05) is 7.05 Å². The van der Waals surface area contributed by atoms with Crippen LogP contribution in [-0.4, -0.2) is 31.9 Å². The summed E-state index contributed by atoms with van der Waals surface area (Å²) in [5.74, 6) is 0. The number of fused-ring (bicyclic) bond motifs is 1. The first kappa shape index (κ1) is 11.4. The maximum absolute atomic E-state index is 9.10. The molecule has 1 atom stereocenters. The molecule has 0 spiro atoms. The Labute approximate surface area is 97.1 Å². The molecule has 0 radical (unpaired) electrons. The molecule has 1 aliphatic rings. The van der Waals surface area contributed by atoms with E-state index in [9.17, 15) is 0 Å². The van der Waals surface area contributed by atoms with Crippen LogP contribution < -0.4 is 10.2 Å². The third-order valence-electron chi connectivity index (χ3n) is 3.29. The van der Waals surface area contributed by atoms with Crippen molar-refractivity contribution in [1.82, 2.24) is 5.32 Å². The van der Waals surface area contributed by atoms with Crippen LogP contribution >= 0.6 is 0 Å². The second kappa shape index (κ2) is 5.32. The maximum Gasteiger partial charge on any atom is 0.0606 e. The minimum Gasteiger partial charge on any atom is -0.395 e. The van der Waals surface area contributed by atoms with Crippen molar-refractivity contribution >= 4 is 5.69 Å². The zero-order valence-electron chi connectivity index (χ0n) is 9.82. The van der Waals surface area contributed by atoms with Crippen LogP contribution in [0, 0.1) is 0 Å². The third kappa shape index (κ3) is 2.20. The van der Waals surface area contributed by atoms with E-state index < -0.39 is 0 Å². The number of rotatable bonds is 3. The molecule has 0 amide bonds. The van der Waals surface area contributed by atoms with Gasteiger partial charge in [0.05, 0.1) is 6.61 Å². The van der Waals surface area contributed by atoms with Crippen molar-refractivity contribution < 1.29 is 5.11 Å². The first-order valence-corrected chi connectivity index (χ1v) is 5.99. The lowest BCUT2D eigenvalue weighted by Crippen LogP contribution is -2.27. The molecule has 2 rings (SSSR count). The largest absolute Gasteiger partial charge is 0.395 e. The van der Waals surface area contributed by atoms with Gasteiger partial charge in [0.2, 0.25) is 0 Å². The van der Waals surface area contributed by atoms with Crippen molar-refractivity contribution in [3.8, 4) is 0 Å². The van der Waals surface area contributed by atoms with Crippen LogP contribution in [0.2, 0.25) is 0 Å². The fourth-order valence-corrected chi connectivity index (χ4v) is 2.49. The van der Waals surface area contributed by atoms with Gasteiger partial charge in [0, 0.05) is 24.8 Å². The molecule has 0 fully saturated rings. The average molecular weight is 220 g/mol. The van der Waals surface area contributed by atoms with Gasteiger partial charge in [0.1, 0.15) is 0 Å². The van der Waals surface area contributed by atoms with Gasteiger partial charge in [-0.05, 0) is 31.5 Å². The summed E-state index contributed by atoms with van der Waals surface area (Å²) in [4.78, 5) is 2.28. The Balaban J connectivity index is 2.34. The molecule has 16 heavy (non-hydrogen) atoms. The number of aliphatic hydroxyl groups is 1. The van der Waals surface area contributed by atoms with E-state index >= 15 is 0 Å². The summed E-state index contributed by atoms with van der Waals surface area (Å²) in [5, 5.41) is 12.5. The molecule has 0 aromatic heterocycles. The van der Waals surface area contributed by atoms with Gasteiger partial charge in [0.25, 0.3) is 0 Å². The molecule has 0 aliphatic carbocycles. The number of β-amino-alcohol motifs (C(OH)–C–C–N with tert-alkyl or cyclic N) is 1. The first-order valence-electron chi connectivity index (χ1n) is 5.99. The van der Waals surface area contributed by atoms with Crippen molar-refractivity contribution in [2.75, 3.05) is 31.6 Å². The molecule has 1 unspecified atom stereocenters. The van der Waals surface area contributed by atoms with Gasteiger partial charge in [-0.15, -0.1) is 0 Å². The van der Waals surface area contributed by atoms with Crippen molar-refractivity contribution in [3.05, 3.63) is 29.8 Å². The van der Waals surface area contributed by atoms with E-state index in [-0.39, 0.29) is 6.61 Å². The lowest BCUT2D eigenvalue weighted by atomic mass is 10.0. The Morgan fingerprint density at radius 1 is 1.44 bits per heavy atom. The average Bonchev–Trinajstić information content (AvgIpc) is 2.50. The van der Waals surface area contributed by atoms with E-state index in [4.69, 9.17) is 5.11 Å². The lowest BCUT2D eigenvalue weighted by Gasteiger charge is -2.24. The first-order chi connectivity index (χ1) is 7.86. The molecule has 2 N–H and O–H groups in total. The molecule has 0 saturated heterocycles. The normalized spacial score (nSPS) is 20.4. The van der Waals surface area contributed by atoms with E-state index in [0.29, 0.717) is 6.04 Å². The van der Waals surface area contributed by atoms with Gasteiger partial charge >= 0.3 is 0 Å². The minimum atomic E-state index is 0.221. The van der Waals surface area contributed by atoms with Crippen LogP contribution in [0.15, 0.2) is 24.3 Å². The molecule has 3 heteroatoms. The van der Waals surface area contributed by atoms with Gasteiger partial charge in [-0.25, -0.2) is 0 Å². The van der Waals surface area contributed by atoms with E-state index in [2.05, 4.69) is 34.5 Å². The second-order valence-corrected chi connectivity index (χ2v) is 4.25. The quantitative estimate of drug-likeness (QED) is 0.811. The Morgan fingerprint density at radius 2 is 2.25 bits per heavy atom. The number of hydrogen-bond acceptors (Lipinski definition) is 3. The smallest absolute Gasteiger partial charge is 0.0606 e. The van der Waals surface area contributed by atoms with Crippen molar-refractivity contribution in [3.63, 3.8) is 0 Å². The number of para-hydroxylation sites is 1. The third-order valence-corrected chi connectivity index (χ3v) is 3.29. The summed E-state index contributed by atoms with van der Waals surface area (Å²) >= 11 is 0. The van der Waals surface area contributed by atoms with Crippen LogP contribution in [0.5, 0.6) is 0 Å². The zero-order chi connectivity index (χ0) is 11.4. The topological polar surface area (TPSA) is 35.5 Å². The summed E-state index contributed by atoms with van der Waals surface area (Å²) in [5.41, 5.74) is 2.63. The molecule has 3 nitrogen and oxygen atoms in total. The molecule has 1 aliphatic heterocycles. The van der Waals surface area contributed by atoms with E-state index in [1.165, 1.54) is 17.7 Å². The van der Waals surface area contributed by atoms with Crippen molar-refractivity contribution in [2.24, 2.45) is 0 Å². The monoisotopic (exact) mass is 220 g/mol. The SMILES string of the molecule is CNC1CCCN(CCO)c2ccccc21. The van der Waals surface area contributed by atoms with Crippen LogP contribution in [0.25, 0.3) is 0 Å². The van der Waals surface area contributed by atoms with Crippen LogP contribution in [-0.2, 0) is 0 Å². The number of nitrogens with zero attached hydrogens (tertiary/aromatic N) is 1. The van der Waals surface area contributed by atoms with Crippen LogP contribution in [0.3, 0.4) is 0 Å². The molecule has 88 valence electrons. The summed E-state index contributed by atoms with van der Waals surface area (Å²) in [7, 11) is 2.02. The highest BCUT2D eigenvalue weighted by Crippen LogP contribution is 2.32. The molecular formula is C13H20N2O. The summed E-state index contributed by atoms with van der Waals surface area (Å²) in [6.07, 6.45) is 2.33.